The van der Waals surface area contributed by atoms with Crippen LogP contribution in [0.3, 0.4) is 0 Å². The van der Waals surface area contributed by atoms with Gasteiger partial charge >= 0.3 is 0 Å². The van der Waals surface area contributed by atoms with Crippen molar-refractivity contribution < 1.29 is 38.2 Å². The van der Waals surface area contributed by atoms with Crippen molar-refractivity contribution >= 4 is 34.2 Å². The van der Waals surface area contributed by atoms with E-state index < -0.39 is 58.7 Å². The van der Waals surface area contributed by atoms with E-state index >= 15 is 0 Å². The molecule has 0 saturated carbocycles. The molecule has 102 valence electrons. The molecule has 0 bridgehead atoms. The number of hydrogen-bond donors (Lipinski definition) is 4. The largest absolute Gasteiger partial charge is 0.393 e. The molecular weight excluding hydrogens is 270 g/mol. The van der Waals surface area contributed by atoms with Gasteiger partial charge < -0.3 is 20.5 Å². The van der Waals surface area contributed by atoms with Gasteiger partial charge in [0, 0.05) is 0 Å². The minimum absolute atomic E-state index is 1.04. The van der Waals surface area contributed by atoms with Gasteiger partial charge in [0.05, 0.1) is 6.61 Å². The van der Waals surface area contributed by atoms with Crippen molar-refractivity contribution in [3.63, 3.8) is 0 Å². The quantitative estimate of drug-likeness (QED) is 0.197. The topological polar surface area (TPSA) is 172 Å². The SMILES string of the molecule is N[C@@H](C(=O)C(=O)CS(=O)O)C(=O)C(=O)[C@H](O)CO. The fraction of sp³-hybridized carbons (Fsp3) is 0.500. The van der Waals surface area contributed by atoms with Gasteiger partial charge in [0.25, 0.3) is 0 Å². The van der Waals surface area contributed by atoms with Gasteiger partial charge in [-0.2, -0.15) is 0 Å². The van der Waals surface area contributed by atoms with Gasteiger partial charge in [-0.1, -0.05) is 0 Å². The summed E-state index contributed by atoms with van der Waals surface area (Å²) in [4.78, 5) is 44.5. The van der Waals surface area contributed by atoms with E-state index in [2.05, 4.69) is 0 Å². The molecule has 5 N–H and O–H groups in total. The normalized spacial score (nSPS) is 15.6. The average Bonchev–Trinajstić information content (AvgIpc) is 2.33. The number of aliphatic hydroxyl groups excluding tert-OH is 2. The van der Waals surface area contributed by atoms with Crippen LogP contribution in [0.15, 0.2) is 0 Å². The number of carbonyl (C=O) groups excluding carboxylic acids is 4. The molecule has 0 aromatic rings. The first-order valence-electron chi connectivity index (χ1n) is 4.49. The van der Waals surface area contributed by atoms with E-state index in [0.717, 1.165) is 0 Å². The summed E-state index contributed by atoms with van der Waals surface area (Å²) < 4.78 is 18.6. The number of hydrogen-bond acceptors (Lipinski definition) is 8. The Morgan fingerprint density at radius 2 is 1.61 bits per heavy atom. The zero-order valence-corrected chi connectivity index (χ0v) is 9.75. The fourth-order valence-corrected chi connectivity index (χ4v) is 1.24. The Hall–Kier alpha value is -1.33. The minimum atomic E-state index is -2.58. The Morgan fingerprint density at radius 1 is 1.11 bits per heavy atom. The van der Waals surface area contributed by atoms with Crippen LogP contribution in [0.4, 0.5) is 0 Å². The minimum Gasteiger partial charge on any atom is -0.393 e. The lowest BCUT2D eigenvalue weighted by Gasteiger charge is -2.09. The van der Waals surface area contributed by atoms with Crippen LogP contribution in [0.2, 0.25) is 0 Å². The highest BCUT2D eigenvalue weighted by Crippen LogP contribution is 1.95. The van der Waals surface area contributed by atoms with Gasteiger partial charge in [-0.05, 0) is 0 Å². The van der Waals surface area contributed by atoms with Crippen molar-refractivity contribution in [2.24, 2.45) is 5.73 Å². The van der Waals surface area contributed by atoms with Gasteiger partial charge in [-0.3, -0.25) is 19.2 Å². The maximum absolute atomic E-state index is 11.2. The first-order chi connectivity index (χ1) is 8.22. The second-order valence-corrected chi connectivity index (χ2v) is 4.09. The third kappa shape index (κ3) is 4.50. The predicted octanol–water partition coefficient (Wildman–Crippen LogP) is -3.83. The predicted molar refractivity (Wildman–Crippen MR) is 56.7 cm³/mol. The number of rotatable bonds is 8. The van der Waals surface area contributed by atoms with Crippen LogP contribution in [0.1, 0.15) is 0 Å². The highest BCUT2D eigenvalue weighted by atomic mass is 32.2. The highest BCUT2D eigenvalue weighted by molar-refractivity contribution is 7.80. The lowest BCUT2D eigenvalue weighted by Crippen LogP contribution is -2.49. The van der Waals surface area contributed by atoms with Crippen LogP contribution in [0, 0.1) is 0 Å². The summed E-state index contributed by atoms with van der Waals surface area (Å²) in [6.07, 6.45) is -2.03. The molecule has 3 atom stereocenters. The summed E-state index contributed by atoms with van der Waals surface area (Å²) in [5.74, 6) is -7.02. The van der Waals surface area contributed by atoms with Gasteiger partial charge in [-0.25, -0.2) is 4.21 Å². The summed E-state index contributed by atoms with van der Waals surface area (Å²) in [5, 5.41) is 17.3. The van der Waals surface area contributed by atoms with Gasteiger partial charge in [0.2, 0.25) is 23.1 Å². The molecular formula is C8H11NO8S. The summed E-state index contributed by atoms with van der Waals surface area (Å²) >= 11 is -2.58. The number of nitrogens with two attached hydrogens (primary N) is 1. The van der Waals surface area contributed by atoms with E-state index in [1.807, 2.05) is 0 Å². The van der Waals surface area contributed by atoms with Crippen LogP contribution in [-0.4, -0.2) is 66.6 Å². The molecule has 9 nitrogen and oxygen atoms in total. The van der Waals surface area contributed by atoms with E-state index in [1.54, 1.807) is 0 Å². The van der Waals surface area contributed by atoms with E-state index in [9.17, 15) is 23.4 Å². The molecule has 0 rings (SSSR count). The molecule has 0 radical (unpaired) electrons. The van der Waals surface area contributed by atoms with Crippen LogP contribution < -0.4 is 5.73 Å². The number of carbonyl (C=O) groups is 4. The van der Waals surface area contributed by atoms with Crippen LogP contribution in [0.25, 0.3) is 0 Å². The monoisotopic (exact) mass is 281 g/mol. The first-order valence-corrected chi connectivity index (χ1v) is 5.77. The molecule has 0 saturated heterocycles. The Balaban J connectivity index is 4.74. The smallest absolute Gasteiger partial charge is 0.231 e. The van der Waals surface area contributed by atoms with E-state index in [-0.39, 0.29) is 0 Å². The van der Waals surface area contributed by atoms with Gasteiger partial charge in [0.15, 0.2) is 11.1 Å². The number of aliphatic hydroxyl groups is 2. The molecule has 0 heterocycles. The highest BCUT2D eigenvalue weighted by Gasteiger charge is 2.35. The molecule has 0 aliphatic carbocycles. The number of Topliss-reactive ketones (excluding diaryl/α,β-unsaturated/α-hetero) is 4. The van der Waals surface area contributed by atoms with Crippen molar-refractivity contribution in [2.45, 2.75) is 12.1 Å². The molecule has 0 aromatic carbocycles. The summed E-state index contributed by atoms with van der Waals surface area (Å²) in [6.45, 7) is -1.04. The molecule has 0 aromatic heterocycles. The average molecular weight is 281 g/mol. The van der Waals surface area contributed by atoms with Gasteiger partial charge in [-0.15, -0.1) is 0 Å². The Morgan fingerprint density at radius 3 is 2.00 bits per heavy atom. The summed E-state index contributed by atoms with van der Waals surface area (Å²) in [7, 11) is 0. The van der Waals surface area contributed by atoms with Crippen molar-refractivity contribution in [2.75, 3.05) is 12.4 Å². The third-order valence-electron chi connectivity index (χ3n) is 1.81. The lowest BCUT2D eigenvalue weighted by molar-refractivity contribution is -0.146. The maximum atomic E-state index is 11.2. The second-order valence-electron chi connectivity index (χ2n) is 3.16. The zero-order chi connectivity index (χ0) is 14.5. The summed E-state index contributed by atoms with van der Waals surface area (Å²) in [5.41, 5.74) is 5.02. The van der Waals surface area contributed by atoms with Crippen LogP contribution in [-0.2, 0) is 30.3 Å². The Bertz CT molecular complexity index is 406. The van der Waals surface area contributed by atoms with Gasteiger partial charge in [0.1, 0.15) is 17.9 Å². The Kier molecular flexibility index (Phi) is 6.65. The molecule has 0 aliphatic heterocycles. The fourth-order valence-electron chi connectivity index (χ4n) is 0.876. The van der Waals surface area contributed by atoms with Crippen molar-refractivity contribution in [3.05, 3.63) is 0 Å². The standard InChI is InChI=1S/C8H11NO8S/c9-5(6(13)4(12)2-18(16)17)8(15)7(14)3(11)1-10/h3,5,10-11H,1-2,9H2,(H,16,17)/t3-,5+/m1/s1. The molecule has 18 heavy (non-hydrogen) atoms. The zero-order valence-electron chi connectivity index (χ0n) is 8.94. The summed E-state index contributed by atoms with van der Waals surface area (Å²) in [6, 6.07) is -2.16. The molecule has 0 amide bonds. The molecule has 0 fully saturated rings. The van der Waals surface area contributed by atoms with Crippen molar-refractivity contribution in [1.82, 2.24) is 0 Å². The van der Waals surface area contributed by atoms with Crippen LogP contribution >= 0.6 is 0 Å². The molecule has 10 heteroatoms. The molecule has 0 aliphatic rings. The number of ketones is 4. The lowest BCUT2D eigenvalue weighted by atomic mass is 10.0. The van der Waals surface area contributed by atoms with Crippen LogP contribution in [0.5, 0.6) is 0 Å². The van der Waals surface area contributed by atoms with Crippen molar-refractivity contribution in [1.29, 1.82) is 0 Å². The van der Waals surface area contributed by atoms with Crippen molar-refractivity contribution in [3.8, 4) is 0 Å². The first kappa shape index (κ1) is 16.7. The third-order valence-corrected chi connectivity index (χ3v) is 2.32. The van der Waals surface area contributed by atoms with E-state index in [4.69, 9.17) is 20.5 Å². The van der Waals surface area contributed by atoms with E-state index in [0.29, 0.717) is 0 Å². The molecule has 0 spiro atoms. The maximum Gasteiger partial charge on any atom is 0.231 e. The molecule has 1 unspecified atom stereocenters. The Labute approximate surface area is 103 Å². The van der Waals surface area contributed by atoms with E-state index in [1.165, 1.54) is 0 Å². The second kappa shape index (κ2) is 7.18.